The minimum atomic E-state index is 0.315. The molecule has 0 saturated heterocycles. The lowest BCUT2D eigenvalue weighted by Crippen LogP contribution is -1.99. The highest BCUT2D eigenvalue weighted by Gasteiger charge is 2.06. The summed E-state index contributed by atoms with van der Waals surface area (Å²) in [5.41, 5.74) is 1.90. The van der Waals surface area contributed by atoms with Gasteiger partial charge in [0.1, 0.15) is 0 Å². The van der Waals surface area contributed by atoms with Gasteiger partial charge in [-0.15, -0.1) is 11.6 Å². The van der Waals surface area contributed by atoms with Gasteiger partial charge in [0.05, 0.1) is 12.4 Å². The first kappa shape index (κ1) is 12.9. The molecule has 0 aliphatic carbocycles. The van der Waals surface area contributed by atoms with Crippen LogP contribution in [0.25, 0.3) is 0 Å². The molecule has 0 spiro atoms. The predicted molar refractivity (Wildman–Crippen MR) is 71.2 cm³/mol. The summed E-state index contributed by atoms with van der Waals surface area (Å²) in [5, 5.41) is 4.21. The molecule has 0 unspecified atom stereocenters. The van der Waals surface area contributed by atoms with Gasteiger partial charge in [0.25, 0.3) is 0 Å². The second-order valence-corrected chi connectivity index (χ2v) is 4.65. The van der Waals surface area contributed by atoms with E-state index in [4.69, 9.17) is 16.3 Å². The van der Waals surface area contributed by atoms with Gasteiger partial charge < -0.3 is 4.74 Å². The molecule has 0 saturated carbocycles. The summed E-state index contributed by atoms with van der Waals surface area (Å²) >= 11 is 5.79. The number of rotatable bonds is 4. The molecule has 18 heavy (non-hydrogen) atoms. The molecule has 96 valence electrons. The van der Waals surface area contributed by atoms with E-state index in [1.54, 1.807) is 6.20 Å². The smallest absolute Gasteiger partial charge is 0.219 e. The molecule has 2 heterocycles. The molecule has 0 atom stereocenters. The number of aryl methyl sites for hydroxylation is 1. The molecular formula is C13H16ClN3O. The highest BCUT2D eigenvalue weighted by molar-refractivity contribution is 6.17. The van der Waals surface area contributed by atoms with E-state index in [1.165, 1.54) is 0 Å². The molecule has 0 amide bonds. The largest absolute Gasteiger partial charge is 0.436 e. The minimum absolute atomic E-state index is 0.315. The Bertz CT molecular complexity index is 537. The van der Waals surface area contributed by atoms with E-state index in [0.29, 0.717) is 23.6 Å². The lowest BCUT2D eigenvalue weighted by Gasteiger charge is -2.06. The Hall–Kier alpha value is -1.55. The summed E-state index contributed by atoms with van der Waals surface area (Å²) in [6.07, 6.45) is 3.55. The second-order valence-electron chi connectivity index (χ2n) is 4.38. The van der Waals surface area contributed by atoms with Crippen LogP contribution in [0.2, 0.25) is 0 Å². The van der Waals surface area contributed by atoms with E-state index >= 15 is 0 Å². The number of nitrogens with zero attached hydrogens (tertiary/aromatic N) is 3. The SMILES string of the molecule is Cc1nc(Oc2cnn(C(C)C)c2)ccc1CCl. The van der Waals surface area contributed by atoms with Crippen molar-refractivity contribution >= 4 is 11.6 Å². The molecule has 0 N–H and O–H groups in total. The van der Waals surface area contributed by atoms with Gasteiger partial charge in [-0.1, -0.05) is 6.07 Å². The van der Waals surface area contributed by atoms with Crippen molar-refractivity contribution in [2.24, 2.45) is 0 Å². The van der Waals surface area contributed by atoms with Gasteiger partial charge in [-0.25, -0.2) is 4.98 Å². The first-order chi connectivity index (χ1) is 8.60. The Morgan fingerprint density at radius 1 is 1.39 bits per heavy atom. The molecular weight excluding hydrogens is 250 g/mol. The monoisotopic (exact) mass is 265 g/mol. The average Bonchev–Trinajstić information content (AvgIpc) is 2.78. The topological polar surface area (TPSA) is 39.9 Å². The first-order valence-electron chi connectivity index (χ1n) is 5.84. The fraction of sp³-hybridized carbons (Fsp3) is 0.385. The molecule has 4 nitrogen and oxygen atoms in total. The van der Waals surface area contributed by atoms with E-state index in [0.717, 1.165) is 11.3 Å². The maximum absolute atomic E-state index is 5.79. The number of halogens is 1. The number of hydrogen-bond acceptors (Lipinski definition) is 3. The number of aromatic nitrogens is 3. The van der Waals surface area contributed by atoms with Crippen LogP contribution in [0.15, 0.2) is 24.5 Å². The van der Waals surface area contributed by atoms with E-state index < -0.39 is 0 Å². The standard InChI is InChI=1S/C13H16ClN3O/c1-9(2)17-8-12(7-15-17)18-13-5-4-11(6-14)10(3)16-13/h4-5,7-9H,6H2,1-3H3. The third kappa shape index (κ3) is 2.82. The van der Waals surface area contributed by atoms with Gasteiger partial charge in [0.2, 0.25) is 5.88 Å². The van der Waals surface area contributed by atoms with Crippen LogP contribution in [0, 0.1) is 6.92 Å². The van der Waals surface area contributed by atoms with Gasteiger partial charge in [0.15, 0.2) is 5.75 Å². The van der Waals surface area contributed by atoms with E-state index in [9.17, 15) is 0 Å². The lowest BCUT2D eigenvalue weighted by atomic mass is 10.2. The van der Waals surface area contributed by atoms with Crippen LogP contribution in [0.3, 0.4) is 0 Å². The van der Waals surface area contributed by atoms with Crippen LogP contribution in [0.5, 0.6) is 11.6 Å². The molecule has 2 aromatic heterocycles. The van der Waals surface area contributed by atoms with Crippen LogP contribution in [-0.2, 0) is 5.88 Å². The number of pyridine rings is 1. The molecule has 2 aromatic rings. The zero-order chi connectivity index (χ0) is 13.1. The fourth-order valence-electron chi connectivity index (χ4n) is 1.54. The van der Waals surface area contributed by atoms with Crippen molar-refractivity contribution in [3.05, 3.63) is 35.8 Å². The van der Waals surface area contributed by atoms with Crippen molar-refractivity contribution < 1.29 is 4.74 Å². The number of alkyl halides is 1. The predicted octanol–water partition coefficient (Wildman–Crippen LogP) is 3.70. The Labute approximate surface area is 112 Å². The van der Waals surface area contributed by atoms with Crippen LogP contribution < -0.4 is 4.74 Å². The fourth-order valence-corrected chi connectivity index (χ4v) is 1.82. The number of hydrogen-bond donors (Lipinski definition) is 0. The summed E-state index contributed by atoms with van der Waals surface area (Å²) in [5.74, 6) is 1.71. The van der Waals surface area contributed by atoms with Gasteiger partial charge >= 0.3 is 0 Å². The van der Waals surface area contributed by atoms with E-state index in [2.05, 4.69) is 23.9 Å². The highest BCUT2D eigenvalue weighted by Crippen LogP contribution is 2.21. The number of ether oxygens (including phenoxy) is 1. The van der Waals surface area contributed by atoms with Crippen molar-refractivity contribution in [3.8, 4) is 11.6 Å². The third-order valence-electron chi connectivity index (χ3n) is 2.64. The first-order valence-corrected chi connectivity index (χ1v) is 6.38. The molecule has 0 aromatic carbocycles. The second kappa shape index (κ2) is 5.40. The quantitative estimate of drug-likeness (QED) is 0.792. The Morgan fingerprint density at radius 2 is 2.17 bits per heavy atom. The van der Waals surface area contributed by atoms with Gasteiger partial charge in [-0.3, -0.25) is 4.68 Å². The van der Waals surface area contributed by atoms with Crippen molar-refractivity contribution in [2.45, 2.75) is 32.7 Å². The highest BCUT2D eigenvalue weighted by atomic mass is 35.5. The zero-order valence-corrected chi connectivity index (χ0v) is 11.5. The van der Waals surface area contributed by atoms with Crippen molar-refractivity contribution in [1.82, 2.24) is 14.8 Å². The Balaban J connectivity index is 2.15. The molecule has 0 aliphatic heterocycles. The molecule has 5 heteroatoms. The van der Waals surface area contributed by atoms with Gasteiger partial charge in [-0.2, -0.15) is 5.10 Å². The zero-order valence-electron chi connectivity index (χ0n) is 10.7. The molecule has 0 aliphatic rings. The Kier molecular flexibility index (Phi) is 3.87. The van der Waals surface area contributed by atoms with Crippen molar-refractivity contribution in [1.29, 1.82) is 0 Å². The van der Waals surface area contributed by atoms with Crippen LogP contribution in [0.4, 0.5) is 0 Å². The average molecular weight is 266 g/mol. The van der Waals surface area contributed by atoms with E-state index in [-0.39, 0.29) is 0 Å². The molecule has 0 fully saturated rings. The summed E-state index contributed by atoms with van der Waals surface area (Å²) in [6.45, 7) is 6.05. The normalized spacial score (nSPS) is 10.9. The maximum Gasteiger partial charge on any atom is 0.219 e. The summed E-state index contributed by atoms with van der Waals surface area (Å²) in [4.78, 5) is 4.35. The lowest BCUT2D eigenvalue weighted by molar-refractivity contribution is 0.457. The Morgan fingerprint density at radius 3 is 2.72 bits per heavy atom. The van der Waals surface area contributed by atoms with Gasteiger partial charge in [0, 0.05) is 23.7 Å². The van der Waals surface area contributed by atoms with Crippen LogP contribution >= 0.6 is 11.6 Å². The summed E-state index contributed by atoms with van der Waals surface area (Å²) in [7, 11) is 0. The minimum Gasteiger partial charge on any atom is -0.436 e. The molecule has 0 bridgehead atoms. The molecule has 2 rings (SSSR count). The van der Waals surface area contributed by atoms with Gasteiger partial charge in [-0.05, 0) is 26.3 Å². The van der Waals surface area contributed by atoms with Crippen molar-refractivity contribution in [2.75, 3.05) is 0 Å². The summed E-state index contributed by atoms with van der Waals surface area (Å²) < 4.78 is 7.49. The van der Waals surface area contributed by atoms with Crippen molar-refractivity contribution in [3.63, 3.8) is 0 Å². The van der Waals surface area contributed by atoms with Crippen LogP contribution in [-0.4, -0.2) is 14.8 Å². The maximum atomic E-state index is 5.79. The van der Waals surface area contributed by atoms with E-state index in [1.807, 2.05) is 29.9 Å². The third-order valence-corrected chi connectivity index (χ3v) is 2.93. The molecule has 0 radical (unpaired) electrons. The van der Waals surface area contributed by atoms with Crippen LogP contribution in [0.1, 0.15) is 31.1 Å². The summed E-state index contributed by atoms with van der Waals surface area (Å²) in [6, 6.07) is 4.06.